The second kappa shape index (κ2) is 10.7. The summed E-state index contributed by atoms with van der Waals surface area (Å²) in [5.41, 5.74) is 14.4. The maximum absolute atomic E-state index is 2.56. The van der Waals surface area contributed by atoms with Gasteiger partial charge in [0.05, 0.1) is 5.69 Å². The lowest BCUT2D eigenvalue weighted by Crippen LogP contribution is -2.18. The van der Waals surface area contributed by atoms with Crippen molar-refractivity contribution in [2.75, 3.05) is 4.90 Å². The fraction of sp³-hybridized carbons (Fsp3) is 0.115. The Labute approximate surface area is 310 Å². The minimum atomic E-state index is -0.210. The van der Waals surface area contributed by atoms with Crippen LogP contribution in [-0.2, 0) is 10.8 Å². The van der Waals surface area contributed by atoms with E-state index in [1.807, 2.05) is 0 Å². The first kappa shape index (κ1) is 30.4. The van der Waals surface area contributed by atoms with Crippen molar-refractivity contribution in [3.63, 3.8) is 0 Å². The fourth-order valence-corrected chi connectivity index (χ4v) is 9.88. The van der Waals surface area contributed by atoms with Crippen molar-refractivity contribution in [3.05, 3.63) is 186 Å². The van der Waals surface area contributed by atoms with E-state index in [0.717, 1.165) is 11.4 Å². The number of benzene rings is 9. The van der Waals surface area contributed by atoms with Crippen LogP contribution in [0, 0.1) is 0 Å². The van der Waals surface area contributed by atoms with Crippen molar-refractivity contribution < 1.29 is 0 Å². The van der Waals surface area contributed by atoms with Gasteiger partial charge < -0.3 is 4.90 Å². The van der Waals surface area contributed by atoms with Crippen LogP contribution in [-0.4, -0.2) is 0 Å². The van der Waals surface area contributed by atoms with Gasteiger partial charge in [-0.3, -0.25) is 0 Å². The number of fused-ring (bicyclic) bond motifs is 13. The SMILES string of the molecule is CC1(C)c2cc3c(cc2-c2c1ccc1ccccc21)C(C)(C)c1cc(N(c2ccccc2)c2ccc4ccc5ccccc5c4c2)c2ccccc2c1-3. The lowest BCUT2D eigenvalue weighted by atomic mass is 9.79. The van der Waals surface area contributed by atoms with Crippen LogP contribution in [0.2, 0.25) is 0 Å². The van der Waals surface area contributed by atoms with Crippen LogP contribution in [0.4, 0.5) is 17.1 Å². The van der Waals surface area contributed by atoms with Crippen molar-refractivity contribution in [3.8, 4) is 22.3 Å². The van der Waals surface area contributed by atoms with Crippen molar-refractivity contribution in [1.82, 2.24) is 0 Å². The molecule has 0 amide bonds. The first-order valence-corrected chi connectivity index (χ1v) is 18.9. The molecule has 2 aliphatic carbocycles. The summed E-state index contributed by atoms with van der Waals surface area (Å²) >= 11 is 0. The zero-order chi connectivity index (χ0) is 35.6. The highest BCUT2D eigenvalue weighted by molar-refractivity contribution is 6.13. The van der Waals surface area contributed by atoms with E-state index in [9.17, 15) is 0 Å². The predicted octanol–water partition coefficient (Wildman–Crippen LogP) is 14.4. The van der Waals surface area contributed by atoms with Gasteiger partial charge >= 0.3 is 0 Å². The largest absolute Gasteiger partial charge is 0.310 e. The summed E-state index contributed by atoms with van der Waals surface area (Å²) in [5.74, 6) is 0. The van der Waals surface area contributed by atoms with Gasteiger partial charge in [0.1, 0.15) is 0 Å². The summed E-state index contributed by atoms with van der Waals surface area (Å²) in [6.45, 7) is 9.68. The number of hydrogen-bond donors (Lipinski definition) is 0. The van der Waals surface area contributed by atoms with Crippen LogP contribution in [0.5, 0.6) is 0 Å². The highest BCUT2D eigenvalue weighted by atomic mass is 15.1. The fourth-order valence-electron chi connectivity index (χ4n) is 9.88. The third-order valence-corrected chi connectivity index (χ3v) is 12.6. The van der Waals surface area contributed by atoms with Gasteiger partial charge in [-0.25, -0.2) is 0 Å². The Morgan fingerprint density at radius 1 is 0.340 bits per heavy atom. The molecule has 0 heterocycles. The zero-order valence-corrected chi connectivity index (χ0v) is 30.5. The molecular formula is C52H39N. The molecule has 53 heavy (non-hydrogen) atoms. The summed E-state index contributed by atoms with van der Waals surface area (Å²) in [5, 5.41) is 10.3. The van der Waals surface area contributed by atoms with Gasteiger partial charge in [0, 0.05) is 27.6 Å². The second-order valence-corrected chi connectivity index (χ2v) is 16.1. The topological polar surface area (TPSA) is 3.24 Å². The van der Waals surface area contributed by atoms with Gasteiger partial charge in [-0.15, -0.1) is 0 Å². The summed E-state index contributed by atoms with van der Waals surface area (Å²) in [6.07, 6.45) is 0. The molecule has 0 bridgehead atoms. The molecule has 0 radical (unpaired) electrons. The molecule has 1 heteroatoms. The van der Waals surface area contributed by atoms with E-state index >= 15 is 0 Å². The van der Waals surface area contributed by atoms with E-state index in [4.69, 9.17) is 0 Å². The quantitative estimate of drug-likeness (QED) is 0.168. The van der Waals surface area contributed by atoms with E-state index in [1.54, 1.807) is 0 Å². The Balaban J connectivity index is 1.18. The average Bonchev–Trinajstić information content (AvgIpc) is 3.56. The van der Waals surface area contributed by atoms with E-state index in [1.165, 1.54) is 93.3 Å². The van der Waals surface area contributed by atoms with E-state index < -0.39 is 0 Å². The van der Waals surface area contributed by atoms with Gasteiger partial charge in [0.2, 0.25) is 0 Å². The molecule has 0 atom stereocenters. The van der Waals surface area contributed by atoms with E-state index in [-0.39, 0.29) is 10.8 Å². The number of hydrogen-bond acceptors (Lipinski definition) is 1. The summed E-state index contributed by atoms with van der Waals surface area (Å²) in [6, 6.07) is 61.4. The predicted molar refractivity (Wildman–Crippen MR) is 226 cm³/mol. The van der Waals surface area contributed by atoms with Crippen molar-refractivity contribution >= 4 is 60.2 Å². The Hall–Kier alpha value is -6.18. The molecule has 1 nitrogen and oxygen atoms in total. The number of para-hydroxylation sites is 1. The molecule has 0 aromatic heterocycles. The molecule has 0 N–H and O–H groups in total. The number of anilines is 3. The Morgan fingerprint density at radius 2 is 0.849 bits per heavy atom. The summed E-state index contributed by atoms with van der Waals surface area (Å²) in [7, 11) is 0. The van der Waals surface area contributed by atoms with E-state index in [0.29, 0.717) is 0 Å². The summed E-state index contributed by atoms with van der Waals surface area (Å²) < 4.78 is 0. The van der Waals surface area contributed by atoms with Crippen LogP contribution in [0.3, 0.4) is 0 Å². The molecule has 11 rings (SSSR count). The lowest BCUT2D eigenvalue weighted by Gasteiger charge is -2.30. The molecule has 0 spiro atoms. The number of nitrogens with zero attached hydrogens (tertiary/aromatic N) is 1. The van der Waals surface area contributed by atoms with Crippen LogP contribution in [0.25, 0.3) is 65.3 Å². The maximum atomic E-state index is 2.56. The lowest BCUT2D eigenvalue weighted by molar-refractivity contribution is 0.652. The minimum absolute atomic E-state index is 0.100. The maximum Gasteiger partial charge on any atom is 0.0543 e. The minimum Gasteiger partial charge on any atom is -0.310 e. The van der Waals surface area contributed by atoms with Crippen LogP contribution < -0.4 is 4.90 Å². The third-order valence-electron chi connectivity index (χ3n) is 12.6. The van der Waals surface area contributed by atoms with Crippen LogP contribution in [0.1, 0.15) is 49.9 Å². The highest BCUT2D eigenvalue weighted by Crippen LogP contribution is 2.59. The Kier molecular flexibility index (Phi) is 6.14. The highest BCUT2D eigenvalue weighted by Gasteiger charge is 2.43. The molecule has 0 unspecified atom stereocenters. The average molecular weight is 678 g/mol. The van der Waals surface area contributed by atoms with Gasteiger partial charge in [0.15, 0.2) is 0 Å². The van der Waals surface area contributed by atoms with Gasteiger partial charge in [-0.05, 0) is 125 Å². The van der Waals surface area contributed by atoms with Crippen molar-refractivity contribution in [2.24, 2.45) is 0 Å². The van der Waals surface area contributed by atoms with Gasteiger partial charge in [-0.1, -0.05) is 149 Å². The van der Waals surface area contributed by atoms with Crippen molar-refractivity contribution in [2.45, 2.75) is 38.5 Å². The van der Waals surface area contributed by atoms with Gasteiger partial charge in [-0.2, -0.15) is 0 Å². The first-order chi connectivity index (χ1) is 25.8. The molecule has 0 saturated heterocycles. The molecule has 0 saturated carbocycles. The third kappa shape index (κ3) is 4.14. The molecule has 2 aliphatic rings. The Bertz CT molecular complexity index is 3000. The molecular weight excluding hydrogens is 639 g/mol. The number of rotatable bonds is 3. The smallest absolute Gasteiger partial charge is 0.0543 e. The second-order valence-electron chi connectivity index (χ2n) is 16.1. The first-order valence-electron chi connectivity index (χ1n) is 18.9. The molecule has 0 aliphatic heterocycles. The molecule has 252 valence electrons. The van der Waals surface area contributed by atoms with Gasteiger partial charge in [0.25, 0.3) is 0 Å². The normalized spacial score (nSPS) is 14.7. The Morgan fingerprint density at radius 3 is 1.57 bits per heavy atom. The van der Waals surface area contributed by atoms with Crippen molar-refractivity contribution in [1.29, 1.82) is 0 Å². The standard InChI is InChI=1S/C52H39N/c1-51(2)44-27-25-33-15-9-11-19-38(33)49(44)42-29-46-43(30-45(42)51)50-40-21-13-12-20-39(40)48(31-47(50)52(46,3)4)53(35-16-6-5-7-17-35)36-26-24-34-23-22-32-14-8-10-18-37(32)41(34)28-36/h5-31H,1-4H3. The monoisotopic (exact) mass is 677 g/mol. The summed E-state index contributed by atoms with van der Waals surface area (Å²) in [4.78, 5) is 2.48. The van der Waals surface area contributed by atoms with Crippen LogP contribution in [0.15, 0.2) is 164 Å². The molecule has 9 aromatic rings. The van der Waals surface area contributed by atoms with Crippen LogP contribution >= 0.6 is 0 Å². The molecule has 0 fully saturated rings. The van der Waals surface area contributed by atoms with E-state index in [2.05, 4.69) is 196 Å². The molecule has 9 aromatic carbocycles. The zero-order valence-electron chi connectivity index (χ0n) is 30.5.